The Hall–Kier alpha value is -3.95. The maximum absolute atomic E-state index is 13.4. The molecular formula is C27H35N5O5. The van der Waals surface area contributed by atoms with Crippen LogP contribution in [0.2, 0.25) is 0 Å². The average molecular weight is 510 g/mol. The second kappa shape index (κ2) is 10.6. The van der Waals surface area contributed by atoms with E-state index in [2.05, 4.69) is 20.6 Å². The topological polar surface area (TPSA) is 127 Å². The maximum Gasteiger partial charge on any atom is 0.412 e. The predicted octanol–water partition coefficient (Wildman–Crippen LogP) is 4.72. The quantitative estimate of drug-likeness (QED) is 0.489. The van der Waals surface area contributed by atoms with Gasteiger partial charge in [0.25, 0.3) is 6.01 Å². The Morgan fingerprint density at radius 2 is 1.81 bits per heavy atom. The number of fused-ring (bicyclic) bond motifs is 1. The predicted molar refractivity (Wildman–Crippen MR) is 142 cm³/mol. The summed E-state index contributed by atoms with van der Waals surface area (Å²) in [5, 5.41) is 5.92. The molecule has 37 heavy (non-hydrogen) atoms. The van der Waals surface area contributed by atoms with Crippen LogP contribution in [0.5, 0.6) is 0 Å². The molecule has 0 saturated carbocycles. The largest absolute Gasteiger partial charge is 0.444 e. The third-order valence-corrected chi connectivity index (χ3v) is 5.58. The Bertz CT molecular complexity index is 1340. The standard InChI is InChI=1S/C27H35N5O5/c1-16-18(30-25(35)37-27(5,6)7)12-13-19-20(16)23(34)36-24(29-19)31-21(26(2,3)4)22(33)32(8)15-17-11-9-10-14-28-17/h9-14,21H,15H2,1-8H3,(H,29,31)(H,30,35). The molecule has 0 aliphatic heterocycles. The molecule has 1 atom stereocenters. The van der Waals surface area contributed by atoms with Crippen LogP contribution in [0, 0.1) is 12.3 Å². The Morgan fingerprint density at radius 3 is 2.41 bits per heavy atom. The highest BCUT2D eigenvalue weighted by molar-refractivity contribution is 5.93. The number of nitrogens with one attached hydrogen (secondary N) is 2. The molecule has 0 fully saturated rings. The lowest BCUT2D eigenvalue weighted by Gasteiger charge is -2.33. The van der Waals surface area contributed by atoms with Gasteiger partial charge in [-0.1, -0.05) is 26.8 Å². The van der Waals surface area contributed by atoms with Crippen molar-refractivity contribution < 1.29 is 18.7 Å². The van der Waals surface area contributed by atoms with Gasteiger partial charge in [-0.2, -0.15) is 4.98 Å². The molecule has 198 valence electrons. The van der Waals surface area contributed by atoms with Gasteiger partial charge in [0.15, 0.2) is 0 Å². The third-order valence-electron chi connectivity index (χ3n) is 5.58. The van der Waals surface area contributed by atoms with Crippen molar-refractivity contribution in [1.29, 1.82) is 0 Å². The van der Waals surface area contributed by atoms with Crippen LogP contribution in [0.1, 0.15) is 52.8 Å². The molecule has 0 aliphatic rings. The number of pyridine rings is 1. The Balaban J connectivity index is 1.88. The minimum Gasteiger partial charge on any atom is -0.444 e. The van der Waals surface area contributed by atoms with E-state index in [0.717, 1.165) is 5.69 Å². The van der Waals surface area contributed by atoms with Crippen molar-refractivity contribution in [2.24, 2.45) is 5.41 Å². The van der Waals surface area contributed by atoms with Gasteiger partial charge >= 0.3 is 11.7 Å². The van der Waals surface area contributed by atoms with E-state index in [4.69, 9.17) is 9.15 Å². The molecule has 2 aromatic heterocycles. The van der Waals surface area contributed by atoms with Crippen molar-refractivity contribution in [1.82, 2.24) is 14.9 Å². The van der Waals surface area contributed by atoms with Gasteiger partial charge in [-0.05, 0) is 62.9 Å². The highest BCUT2D eigenvalue weighted by Crippen LogP contribution is 2.27. The van der Waals surface area contributed by atoms with Gasteiger partial charge in [-0.25, -0.2) is 9.59 Å². The highest BCUT2D eigenvalue weighted by atomic mass is 16.6. The van der Waals surface area contributed by atoms with E-state index in [-0.39, 0.29) is 17.3 Å². The minimum absolute atomic E-state index is 0.0655. The number of carbonyl (C=O) groups excluding carboxylic acids is 2. The molecule has 2 heterocycles. The summed E-state index contributed by atoms with van der Waals surface area (Å²) in [5.41, 5.74) is 0.204. The number of aromatic nitrogens is 2. The number of hydrogen-bond donors (Lipinski definition) is 2. The molecule has 2 amide bonds. The number of anilines is 2. The number of ether oxygens (including phenoxy) is 1. The summed E-state index contributed by atoms with van der Waals surface area (Å²) in [6.45, 7) is 13.0. The number of amides is 2. The van der Waals surface area contributed by atoms with E-state index < -0.39 is 28.8 Å². The van der Waals surface area contributed by atoms with Gasteiger partial charge in [-0.15, -0.1) is 0 Å². The zero-order valence-corrected chi connectivity index (χ0v) is 22.6. The fraction of sp³-hybridized carbons (Fsp3) is 0.444. The number of aryl methyl sites for hydroxylation is 1. The number of nitrogens with zero attached hydrogens (tertiary/aromatic N) is 3. The van der Waals surface area contributed by atoms with Gasteiger partial charge in [-0.3, -0.25) is 15.1 Å². The van der Waals surface area contributed by atoms with Crippen molar-refractivity contribution in [2.75, 3.05) is 17.7 Å². The third kappa shape index (κ3) is 7.05. The maximum atomic E-state index is 13.4. The van der Waals surface area contributed by atoms with Gasteiger partial charge < -0.3 is 19.4 Å². The van der Waals surface area contributed by atoms with Crippen molar-refractivity contribution >= 4 is 34.6 Å². The minimum atomic E-state index is -0.733. The molecule has 0 saturated heterocycles. The molecule has 3 rings (SSSR count). The number of benzene rings is 1. The Labute approximate surface area is 216 Å². The van der Waals surface area contributed by atoms with Crippen LogP contribution < -0.4 is 16.3 Å². The fourth-order valence-electron chi connectivity index (χ4n) is 3.74. The molecule has 0 radical (unpaired) electrons. The lowest BCUT2D eigenvalue weighted by Crippen LogP contribution is -2.48. The van der Waals surface area contributed by atoms with Crippen molar-refractivity contribution in [3.8, 4) is 0 Å². The van der Waals surface area contributed by atoms with Crippen molar-refractivity contribution in [2.45, 2.75) is 66.7 Å². The summed E-state index contributed by atoms with van der Waals surface area (Å²) < 4.78 is 10.8. The van der Waals surface area contributed by atoms with Crippen LogP contribution in [0.3, 0.4) is 0 Å². The number of hydrogen-bond acceptors (Lipinski definition) is 8. The Morgan fingerprint density at radius 1 is 1.11 bits per heavy atom. The van der Waals surface area contributed by atoms with Crippen LogP contribution in [0.15, 0.2) is 45.7 Å². The molecule has 10 nitrogen and oxygen atoms in total. The summed E-state index contributed by atoms with van der Waals surface area (Å²) in [6, 6.07) is 7.98. The van der Waals surface area contributed by atoms with E-state index in [1.54, 1.807) is 58.0 Å². The molecule has 0 aliphatic carbocycles. The van der Waals surface area contributed by atoms with Crippen LogP contribution in [-0.2, 0) is 16.1 Å². The summed E-state index contributed by atoms with van der Waals surface area (Å²) in [7, 11) is 1.70. The van der Waals surface area contributed by atoms with E-state index >= 15 is 0 Å². The van der Waals surface area contributed by atoms with Crippen LogP contribution >= 0.6 is 0 Å². The summed E-state index contributed by atoms with van der Waals surface area (Å²) in [5.74, 6) is -0.198. The van der Waals surface area contributed by atoms with Gasteiger partial charge in [0, 0.05) is 18.9 Å². The van der Waals surface area contributed by atoms with Gasteiger partial charge in [0.1, 0.15) is 11.6 Å². The van der Waals surface area contributed by atoms with Gasteiger partial charge in [0.05, 0.1) is 23.1 Å². The molecule has 3 aromatic rings. The lowest BCUT2D eigenvalue weighted by molar-refractivity contribution is -0.133. The Kier molecular flexibility index (Phi) is 7.90. The normalized spacial score (nSPS) is 12.6. The monoisotopic (exact) mass is 509 g/mol. The first-order valence-electron chi connectivity index (χ1n) is 12.0. The summed E-state index contributed by atoms with van der Waals surface area (Å²) >= 11 is 0. The number of rotatable bonds is 6. The molecular weight excluding hydrogens is 474 g/mol. The van der Waals surface area contributed by atoms with E-state index in [1.165, 1.54) is 0 Å². The molecule has 1 aromatic carbocycles. The fourth-order valence-corrected chi connectivity index (χ4v) is 3.74. The van der Waals surface area contributed by atoms with Crippen LogP contribution in [0.4, 0.5) is 16.5 Å². The molecule has 2 N–H and O–H groups in total. The smallest absolute Gasteiger partial charge is 0.412 e. The summed E-state index contributed by atoms with van der Waals surface area (Å²) in [6.07, 6.45) is 1.05. The first-order chi connectivity index (χ1) is 17.2. The first-order valence-corrected chi connectivity index (χ1v) is 12.0. The highest BCUT2D eigenvalue weighted by Gasteiger charge is 2.34. The van der Waals surface area contributed by atoms with E-state index in [1.807, 2.05) is 39.0 Å². The first kappa shape index (κ1) is 27.6. The number of likely N-dealkylation sites (N-methyl/N-ethyl adjacent to an activating group) is 1. The van der Waals surface area contributed by atoms with E-state index in [0.29, 0.717) is 23.3 Å². The molecule has 0 bridgehead atoms. The lowest BCUT2D eigenvalue weighted by atomic mass is 9.86. The zero-order chi connectivity index (χ0) is 27.5. The van der Waals surface area contributed by atoms with E-state index in [9.17, 15) is 14.4 Å². The zero-order valence-electron chi connectivity index (χ0n) is 22.6. The second-order valence-corrected chi connectivity index (χ2v) is 11.0. The number of carbonyl (C=O) groups is 2. The van der Waals surface area contributed by atoms with Gasteiger partial charge in [0.2, 0.25) is 5.91 Å². The van der Waals surface area contributed by atoms with Crippen molar-refractivity contribution in [3.63, 3.8) is 0 Å². The average Bonchev–Trinajstić information content (AvgIpc) is 2.77. The van der Waals surface area contributed by atoms with Crippen molar-refractivity contribution in [3.05, 3.63) is 58.2 Å². The van der Waals surface area contributed by atoms with Crippen LogP contribution in [0.25, 0.3) is 10.9 Å². The SMILES string of the molecule is Cc1c(NC(=O)OC(C)(C)C)ccc2nc(NC(C(=O)N(C)Cc3ccccn3)C(C)(C)C)oc(=O)c12. The summed E-state index contributed by atoms with van der Waals surface area (Å²) in [4.78, 5) is 48.9. The molecule has 0 spiro atoms. The molecule has 10 heteroatoms. The second-order valence-electron chi connectivity index (χ2n) is 11.0. The molecule has 1 unspecified atom stereocenters. The van der Waals surface area contributed by atoms with Crippen LogP contribution in [-0.4, -0.2) is 45.6 Å².